The van der Waals surface area contributed by atoms with Crippen molar-refractivity contribution < 1.29 is 28.2 Å². The lowest BCUT2D eigenvalue weighted by atomic mass is 9.88. The van der Waals surface area contributed by atoms with Crippen LogP contribution in [0.5, 0.6) is 0 Å². The van der Waals surface area contributed by atoms with Gasteiger partial charge in [-0.15, -0.1) is 0 Å². The number of alkyl halides is 1. The van der Waals surface area contributed by atoms with Crippen LogP contribution in [0.1, 0.15) is 40.5 Å². The van der Waals surface area contributed by atoms with Gasteiger partial charge < -0.3 is 14.8 Å². The average molecular weight is 329 g/mol. The zero-order chi connectivity index (χ0) is 17.4. The molecule has 0 aliphatic heterocycles. The minimum Gasteiger partial charge on any atom is -0.464 e. The summed E-state index contributed by atoms with van der Waals surface area (Å²) in [5, 5.41) is 2.66. The number of halogens is 1. The van der Waals surface area contributed by atoms with Crippen molar-refractivity contribution in [2.45, 2.75) is 51.7 Å². The zero-order valence-corrected chi connectivity index (χ0v) is 14.0. The molecule has 2 fully saturated rings. The van der Waals surface area contributed by atoms with Crippen molar-refractivity contribution in [3.8, 4) is 0 Å². The Morgan fingerprint density at radius 3 is 2.26 bits per heavy atom. The fraction of sp³-hybridized carbons (Fsp3) is 0.812. The lowest BCUT2D eigenvalue weighted by Gasteiger charge is -2.32. The summed E-state index contributed by atoms with van der Waals surface area (Å²) in [7, 11) is 0. The quantitative estimate of drug-likeness (QED) is 0.744. The molecule has 0 saturated heterocycles. The van der Waals surface area contributed by atoms with Gasteiger partial charge in [-0.25, -0.2) is 14.0 Å². The molecule has 0 unspecified atom stereocenters. The van der Waals surface area contributed by atoms with E-state index in [1.165, 1.54) is 0 Å². The predicted octanol–water partition coefficient (Wildman–Crippen LogP) is 1.37. The Morgan fingerprint density at radius 1 is 1.17 bits per heavy atom. The van der Waals surface area contributed by atoms with Crippen molar-refractivity contribution in [3.05, 3.63) is 0 Å². The standard InChI is InChI=1S/C16H24FNO5/c1-5-22-13(20)15(18-12(19)9(3)4)8-7-10-11(15)16(10,17)14(21)23-6-2/h9-11H,5-8H2,1-4H3,(H,18,19)/t10-,11-,15+,16-/m0/s1. The molecule has 2 aliphatic carbocycles. The van der Waals surface area contributed by atoms with Gasteiger partial charge in [0.15, 0.2) is 0 Å². The Bertz CT molecular complexity index is 523. The lowest BCUT2D eigenvalue weighted by Crippen LogP contribution is -2.59. The molecule has 7 heteroatoms. The van der Waals surface area contributed by atoms with Gasteiger partial charge in [-0.1, -0.05) is 13.8 Å². The number of rotatable bonds is 6. The number of carbonyl (C=O) groups is 3. The van der Waals surface area contributed by atoms with Crippen LogP contribution < -0.4 is 5.32 Å². The molecule has 1 amide bonds. The highest BCUT2D eigenvalue weighted by Crippen LogP contribution is 2.67. The second kappa shape index (κ2) is 6.09. The van der Waals surface area contributed by atoms with E-state index in [1.54, 1.807) is 27.7 Å². The van der Waals surface area contributed by atoms with Crippen LogP contribution in [-0.4, -0.2) is 42.3 Å². The molecule has 2 saturated carbocycles. The molecule has 130 valence electrons. The first-order chi connectivity index (χ1) is 10.8. The number of esters is 2. The van der Waals surface area contributed by atoms with E-state index in [9.17, 15) is 14.4 Å². The van der Waals surface area contributed by atoms with Gasteiger partial charge in [0.05, 0.1) is 13.2 Å². The van der Waals surface area contributed by atoms with Crippen LogP contribution in [-0.2, 0) is 23.9 Å². The minimum absolute atomic E-state index is 0.0642. The van der Waals surface area contributed by atoms with E-state index in [4.69, 9.17) is 9.47 Å². The topological polar surface area (TPSA) is 81.7 Å². The zero-order valence-electron chi connectivity index (χ0n) is 14.0. The summed E-state index contributed by atoms with van der Waals surface area (Å²) < 4.78 is 25.0. The third kappa shape index (κ3) is 2.60. The highest BCUT2D eigenvalue weighted by molar-refractivity contribution is 5.95. The van der Waals surface area contributed by atoms with Crippen molar-refractivity contribution in [1.82, 2.24) is 5.32 Å². The monoisotopic (exact) mass is 329 g/mol. The Labute approximate surface area is 135 Å². The largest absolute Gasteiger partial charge is 0.464 e. The number of nitrogens with one attached hydrogen (secondary N) is 1. The average Bonchev–Trinajstić information content (AvgIpc) is 2.90. The summed E-state index contributed by atoms with van der Waals surface area (Å²) in [5.41, 5.74) is -3.70. The van der Waals surface area contributed by atoms with E-state index < -0.39 is 35.0 Å². The molecular weight excluding hydrogens is 305 g/mol. The molecule has 1 N–H and O–H groups in total. The highest BCUT2D eigenvalue weighted by atomic mass is 19.1. The number of amides is 1. The molecule has 23 heavy (non-hydrogen) atoms. The molecule has 0 spiro atoms. The van der Waals surface area contributed by atoms with E-state index in [0.717, 1.165) is 0 Å². The molecule has 4 atom stereocenters. The summed E-state index contributed by atoms with van der Waals surface area (Å²) in [6, 6.07) is 0. The van der Waals surface area contributed by atoms with Gasteiger partial charge in [0.1, 0.15) is 5.54 Å². The smallest absolute Gasteiger partial charge is 0.344 e. The number of hydrogen-bond acceptors (Lipinski definition) is 5. The van der Waals surface area contributed by atoms with E-state index in [-0.39, 0.29) is 31.5 Å². The first-order valence-electron chi connectivity index (χ1n) is 8.11. The third-order valence-electron chi connectivity index (χ3n) is 4.76. The van der Waals surface area contributed by atoms with Crippen LogP contribution in [0.3, 0.4) is 0 Å². The number of fused-ring (bicyclic) bond motifs is 1. The number of carbonyl (C=O) groups excluding carboxylic acids is 3. The normalized spacial score (nSPS) is 34.7. The van der Waals surface area contributed by atoms with Gasteiger partial charge in [0, 0.05) is 17.8 Å². The molecule has 0 aromatic rings. The first-order valence-corrected chi connectivity index (χ1v) is 8.11. The second-order valence-electron chi connectivity index (χ2n) is 6.45. The van der Waals surface area contributed by atoms with Crippen molar-refractivity contribution in [2.24, 2.45) is 17.8 Å². The Kier molecular flexibility index (Phi) is 4.69. The van der Waals surface area contributed by atoms with E-state index in [0.29, 0.717) is 6.42 Å². The summed E-state index contributed by atoms with van der Waals surface area (Å²) in [6.07, 6.45) is 0.599. The summed E-state index contributed by atoms with van der Waals surface area (Å²) in [4.78, 5) is 36.6. The van der Waals surface area contributed by atoms with E-state index in [2.05, 4.69) is 5.32 Å². The molecule has 0 aromatic carbocycles. The van der Waals surface area contributed by atoms with Crippen molar-refractivity contribution >= 4 is 17.8 Å². The Balaban J connectivity index is 2.31. The lowest BCUT2D eigenvalue weighted by molar-refractivity contribution is -0.159. The van der Waals surface area contributed by atoms with E-state index >= 15 is 4.39 Å². The van der Waals surface area contributed by atoms with Crippen LogP contribution in [0.2, 0.25) is 0 Å². The SMILES string of the molecule is CCOC(=O)[C@@]1(F)[C@H]2[C@@H]1CC[C@]2(NC(=O)C(C)C)C(=O)OCC. The van der Waals surface area contributed by atoms with Crippen LogP contribution in [0, 0.1) is 17.8 Å². The van der Waals surface area contributed by atoms with Crippen LogP contribution in [0.4, 0.5) is 4.39 Å². The summed E-state index contributed by atoms with van der Waals surface area (Å²) >= 11 is 0. The molecule has 0 aromatic heterocycles. The molecular formula is C16H24FNO5. The fourth-order valence-electron chi connectivity index (χ4n) is 3.61. The summed E-state index contributed by atoms with van der Waals surface area (Å²) in [5.74, 6) is -3.89. The molecule has 2 aliphatic rings. The van der Waals surface area contributed by atoms with Gasteiger partial charge in [0.2, 0.25) is 11.6 Å². The molecule has 0 bridgehead atoms. The van der Waals surface area contributed by atoms with Crippen LogP contribution in [0.25, 0.3) is 0 Å². The van der Waals surface area contributed by atoms with Crippen molar-refractivity contribution in [1.29, 1.82) is 0 Å². The van der Waals surface area contributed by atoms with Gasteiger partial charge in [-0.3, -0.25) is 4.79 Å². The Morgan fingerprint density at radius 2 is 1.74 bits per heavy atom. The molecule has 6 nitrogen and oxygen atoms in total. The first kappa shape index (κ1) is 17.7. The predicted molar refractivity (Wildman–Crippen MR) is 79.0 cm³/mol. The fourth-order valence-corrected chi connectivity index (χ4v) is 3.61. The Hall–Kier alpha value is -1.66. The van der Waals surface area contributed by atoms with Gasteiger partial charge in [-0.05, 0) is 26.7 Å². The van der Waals surface area contributed by atoms with Gasteiger partial charge >= 0.3 is 11.9 Å². The van der Waals surface area contributed by atoms with Crippen LogP contribution in [0.15, 0.2) is 0 Å². The maximum absolute atomic E-state index is 15.1. The maximum Gasteiger partial charge on any atom is 0.344 e. The molecule has 0 heterocycles. The van der Waals surface area contributed by atoms with Crippen molar-refractivity contribution in [2.75, 3.05) is 13.2 Å². The minimum atomic E-state index is -2.22. The van der Waals surface area contributed by atoms with E-state index in [1.807, 2.05) is 0 Å². The highest BCUT2D eigenvalue weighted by Gasteiger charge is 2.83. The maximum atomic E-state index is 15.1. The van der Waals surface area contributed by atoms with Gasteiger partial charge in [-0.2, -0.15) is 0 Å². The summed E-state index contributed by atoms with van der Waals surface area (Å²) in [6.45, 7) is 6.79. The van der Waals surface area contributed by atoms with Crippen LogP contribution >= 0.6 is 0 Å². The van der Waals surface area contributed by atoms with Gasteiger partial charge in [0.25, 0.3) is 0 Å². The second-order valence-corrected chi connectivity index (χ2v) is 6.45. The molecule has 0 radical (unpaired) electrons. The number of hydrogen-bond donors (Lipinski definition) is 1. The third-order valence-corrected chi connectivity index (χ3v) is 4.76. The van der Waals surface area contributed by atoms with Crippen molar-refractivity contribution in [3.63, 3.8) is 0 Å². The molecule has 2 rings (SSSR count). The number of ether oxygens (including phenoxy) is 2.